The van der Waals surface area contributed by atoms with Crippen LogP contribution >= 0.6 is 0 Å². The molecule has 0 amide bonds. The van der Waals surface area contributed by atoms with Gasteiger partial charge in [-0.15, -0.1) is 0 Å². The molecule has 1 nitrogen and oxygen atoms in total. The normalized spacial score (nSPS) is 23.1. The summed E-state index contributed by atoms with van der Waals surface area (Å²) in [5, 5.41) is 0. The molecule has 11 heavy (non-hydrogen) atoms. The molecule has 0 atom stereocenters. The molecule has 0 N–H and O–H groups in total. The zero-order valence-corrected chi connectivity index (χ0v) is 6.71. The Bertz CT molecular complexity index is 235. The number of allylic oxidation sites excluding steroid dienone is 4. The third-order valence-electron chi connectivity index (χ3n) is 2.27. The molecule has 2 aliphatic heterocycles. The van der Waals surface area contributed by atoms with Gasteiger partial charge in [-0.05, 0) is 37.0 Å². The molecule has 1 heteroatoms. The van der Waals surface area contributed by atoms with E-state index in [1.807, 2.05) is 0 Å². The van der Waals surface area contributed by atoms with Gasteiger partial charge in [0.2, 0.25) is 0 Å². The van der Waals surface area contributed by atoms with Crippen molar-refractivity contribution in [3.05, 3.63) is 36.2 Å². The highest BCUT2D eigenvalue weighted by Crippen LogP contribution is 2.25. The average molecular weight is 147 g/mol. The maximum atomic E-state index is 3.92. The minimum absolute atomic E-state index is 1.14. The van der Waals surface area contributed by atoms with Crippen LogP contribution in [0.15, 0.2) is 36.2 Å². The van der Waals surface area contributed by atoms with Crippen molar-refractivity contribution in [2.24, 2.45) is 0 Å². The molecule has 0 radical (unpaired) electrons. The lowest BCUT2D eigenvalue weighted by molar-refractivity contribution is 0.376. The highest BCUT2D eigenvalue weighted by molar-refractivity contribution is 5.35. The van der Waals surface area contributed by atoms with Crippen LogP contribution in [0.5, 0.6) is 0 Å². The maximum Gasteiger partial charge on any atom is 0.0222 e. The Balaban J connectivity index is 2.21. The van der Waals surface area contributed by atoms with Crippen molar-refractivity contribution in [1.29, 1.82) is 0 Å². The molecule has 58 valence electrons. The van der Waals surface area contributed by atoms with Crippen molar-refractivity contribution in [1.82, 2.24) is 4.90 Å². The van der Waals surface area contributed by atoms with Gasteiger partial charge in [0.15, 0.2) is 0 Å². The summed E-state index contributed by atoms with van der Waals surface area (Å²) < 4.78 is 0. The fourth-order valence-corrected chi connectivity index (χ4v) is 1.65. The maximum absolute atomic E-state index is 3.92. The smallest absolute Gasteiger partial charge is 0.0222 e. The highest BCUT2D eigenvalue weighted by atomic mass is 15.1. The lowest BCUT2D eigenvalue weighted by Gasteiger charge is -2.30. The van der Waals surface area contributed by atoms with E-state index >= 15 is 0 Å². The van der Waals surface area contributed by atoms with Crippen molar-refractivity contribution >= 4 is 0 Å². The molecule has 0 spiro atoms. The van der Waals surface area contributed by atoms with Crippen LogP contribution in [0.1, 0.15) is 19.3 Å². The van der Waals surface area contributed by atoms with Gasteiger partial charge in [0, 0.05) is 18.4 Å². The quantitative estimate of drug-likeness (QED) is 0.508. The van der Waals surface area contributed by atoms with Crippen LogP contribution in [0, 0.1) is 0 Å². The number of hydrogen-bond acceptors (Lipinski definition) is 1. The summed E-state index contributed by atoms with van der Waals surface area (Å²) in [6, 6.07) is 0. The molecule has 1 fully saturated rings. The second kappa shape index (κ2) is 2.57. The fraction of sp³-hybridized carbons (Fsp3) is 0.400. The minimum atomic E-state index is 1.14. The number of piperidine rings is 1. The van der Waals surface area contributed by atoms with Crippen molar-refractivity contribution in [3.63, 3.8) is 0 Å². The topological polar surface area (TPSA) is 3.24 Å². The Labute approximate surface area is 67.7 Å². The largest absolute Gasteiger partial charge is 0.351 e. The molecule has 1 saturated heterocycles. The average Bonchev–Trinajstić information content (AvgIpc) is 2.04. The van der Waals surface area contributed by atoms with Gasteiger partial charge in [0.05, 0.1) is 0 Å². The van der Waals surface area contributed by atoms with E-state index in [0.29, 0.717) is 0 Å². The lowest BCUT2D eigenvalue weighted by atomic mass is 10.0. The van der Waals surface area contributed by atoms with Crippen LogP contribution < -0.4 is 0 Å². The van der Waals surface area contributed by atoms with Gasteiger partial charge >= 0.3 is 0 Å². The molecular weight excluding hydrogens is 134 g/mol. The highest BCUT2D eigenvalue weighted by Gasteiger charge is 2.14. The Hall–Kier alpha value is -0.980. The zero-order chi connectivity index (χ0) is 7.68. The first kappa shape index (κ1) is 6.71. The van der Waals surface area contributed by atoms with E-state index in [2.05, 4.69) is 29.8 Å². The first-order valence-corrected chi connectivity index (χ1v) is 4.20. The molecule has 0 aliphatic carbocycles. The van der Waals surface area contributed by atoms with E-state index in [9.17, 15) is 0 Å². The van der Waals surface area contributed by atoms with E-state index in [1.165, 1.54) is 31.5 Å². The summed E-state index contributed by atoms with van der Waals surface area (Å²) >= 11 is 0. The zero-order valence-electron chi connectivity index (χ0n) is 6.71. The molecule has 2 heterocycles. The van der Waals surface area contributed by atoms with Gasteiger partial charge in [-0.25, -0.2) is 0 Å². The van der Waals surface area contributed by atoms with E-state index in [4.69, 9.17) is 0 Å². The summed E-state index contributed by atoms with van der Waals surface area (Å²) in [5.74, 6) is 0. The third kappa shape index (κ3) is 1.23. The molecule has 0 saturated carbocycles. The number of hydrogen-bond donors (Lipinski definition) is 0. The molecule has 0 bridgehead atoms. The predicted octanol–water partition coefficient (Wildman–Crippen LogP) is 2.44. The first-order valence-electron chi connectivity index (χ1n) is 4.20. The van der Waals surface area contributed by atoms with Crippen molar-refractivity contribution in [3.8, 4) is 0 Å². The summed E-state index contributed by atoms with van der Waals surface area (Å²) in [6.45, 7) is 5.11. The van der Waals surface area contributed by atoms with Gasteiger partial charge in [-0.2, -0.15) is 0 Å². The minimum Gasteiger partial charge on any atom is -0.351 e. The monoisotopic (exact) mass is 147 g/mol. The molecule has 0 unspecified atom stereocenters. The van der Waals surface area contributed by atoms with Crippen LogP contribution in [0.25, 0.3) is 0 Å². The van der Waals surface area contributed by atoms with E-state index in [-0.39, 0.29) is 0 Å². The summed E-state index contributed by atoms with van der Waals surface area (Å²) in [4.78, 5) is 2.33. The first-order chi connectivity index (χ1) is 5.36. The van der Waals surface area contributed by atoms with Crippen LogP contribution in [0.3, 0.4) is 0 Å². The van der Waals surface area contributed by atoms with Gasteiger partial charge < -0.3 is 4.90 Å². The third-order valence-corrected chi connectivity index (χ3v) is 2.27. The Morgan fingerprint density at radius 1 is 1.36 bits per heavy atom. The Morgan fingerprint density at radius 2 is 2.27 bits per heavy atom. The van der Waals surface area contributed by atoms with Gasteiger partial charge in [0.25, 0.3) is 0 Å². The Kier molecular flexibility index (Phi) is 1.57. The van der Waals surface area contributed by atoms with Crippen LogP contribution in [0.2, 0.25) is 0 Å². The molecular formula is C10H13N. The summed E-state index contributed by atoms with van der Waals surface area (Å²) in [7, 11) is 0. The second-order valence-corrected chi connectivity index (χ2v) is 3.18. The number of nitrogens with zero attached hydrogens (tertiary/aromatic N) is 1. The van der Waals surface area contributed by atoms with Crippen molar-refractivity contribution in [2.45, 2.75) is 19.3 Å². The van der Waals surface area contributed by atoms with Crippen molar-refractivity contribution in [2.75, 3.05) is 6.54 Å². The molecule has 2 rings (SSSR count). The molecule has 2 aliphatic rings. The van der Waals surface area contributed by atoms with Crippen LogP contribution in [-0.4, -0.2) is 11.4 Å². The van der Waals surface area contributed by atoms with Gasteiger partial charge in [0.1, 0.15) is 0 Å². The van der Waals surface area contributed by atoms with Crippen molar-refractivity contribution < 1.29 is 0 Å². The predicted molar refractivity (Wildman–Crippen MR) is 46.9 cm³/mol. The summed E-state index contributed by atoms with van der Waals surface area (Å²) in [6.07, 6.45) is 10.3. The van der Waals surface area contributed by atoms with Gasteiger partial charge in [-0.3, -0.25) is 0 Å². The van der Waals surface area contributed by atoms with Crippen LogP contribution in [0.4, 0.5) is 0 Å². The number of rotatable bonds is 0. The number of fused-ring (bicyclic) bond motifs is 1. The summed E-state index contributed by atoms with van der Waals surface area (Å²) in [5.41, 5.74) is 2.59. The SMILES string of the molecule is C=C1C=CN2CCCCC2=C1. The van der Waals surface area contributed by atoms with Crippen LogP contribution in [-0.2, 0) is 0 Å². The van der Waals surface area contributed by atoms with Gasteiger partial charge in [-0.1, -0.05) is 6.58 Å². The second-order valence-electron chi connectivity index (χ2n) is 3.18. The molecule has 0 aromatic carbocycles. The fourth-order valence-electron chi connectivity index (χ4n) is 1.65. The van der Waals surface area contributed by atoms with E-state index < -0.39 is 0 Å². The lowest BCUT2D eigenvalue weighted by Crippen LogP contribution is -2.24. The molecule has 0 aromatic rings. The van der Waals surface area contributed by atoms with E-state index in [0.717, 1.165) is 5.57 Å². The van der Waals surface area contributed by atoms with E-state index in [1.54, 1.807) is 0 Å². The molecule has 0 aromatic heterocycles. The Morgan fingerprint density at radius 3 is 3.18 bits per heavy atom. The standard InChI is InChI=1S/C10H13N/c1-9-5-7-11-6-3-2-4-10(11)8-9/h5,7-8H,1-4,6H2.